The van der Waals surface area contributed by atoms with Crippen molar-refractivity contribution in [2.75, 3.05) is 5.75 Å². The number of halogens is 4. The molecule has 3 aromatic rings. The van der Waals surface area contributed by atoms with E-state index in [9.17, 15) is 26.0 Å². The van der Waals surface area contributed by atoms with Gasteiger partial charge in [0.05, 0.1) is 22.0 Å². The van der Waals surface area contributed by atoms with Crippen LogP contribution < -0.4 is 0 Å². The number of nitrogens with zero attached hydrogens (tertiary/aromatic N) is 2. The zero-order valence-electron chi connectivity index (χ0n) is 14.0. The molecule has 0 saturated carbocycles. The number of hydrogen-bond donors (Lipinski definition) is 0. The van der Waals surface area contributed by atoms with Gasteiger partial charge in [-0.15, -0.1) is 0 Å². The van der Waals surface area contributed by atoms with E-state index < -0.39 is 27.5 Å². The second kappa shape index (κ2) is 6.80. The molecule has 0 aliphatic carbocycles. The predicted molar refractivity (Wildman–Crippen MR) is 91.7 cm³/mol. The molecule has 0 atom stereocenters. The Kier molecular flexibility index (Phi) is 4.81. The van der Waals surface area contributed by atoms with Crippen molar-refractivity contribution in [1.82, 2.24) is 9.78 Å². The Labute approximate surface area is 153 Å². The number of benzene rings is 2. The first-order valence-corrected chi connectivity index (χ1v) is 9.53. The summed E-state index contributed by atoms with van der Waals surface area (Å²) >= 11 is 0. The van der Waals surface area contributed by atoms with Crippen molar-refractivity contribution in [2.45, 2.75) is 18.0 Å². The molecular formula is C18H14F4N2O2S. The van der Waals surface area contributed by atoms with E-state index in [2.05, 4.69) is 5.10 Å². The fraction of sp³-hybridized carbons (Fsp3) is 0.167. The normalized spacial score (nSPS) is 12.3. The van der Waals surface area contributed by atoms with Crippen LogP contribution in [-0.4, -0.2) is 24.0 Å². The predicted octanol–water partition coefficient (Wildman–Crippen LogP) is 4.49. The van der Waals surface area contributed by atoms with E-state index in [1.165, 1.54) is 43.3 Å². The molecule has 27 heavy (non-hydrogen) atoms. The maximum Gasteiger partial charge on any atom is 0.435 e. The van der Waals surface area contributed by atoms with Gasteiger partial charge in [-0.1, -0.05) is 6.92 Å². The number of rotatable bonds is 4. The molecule has 9 heteroatoms. The van der Waals surface area contributed by atoms with Gasteiger partial charge in [-0.3, -0.25) is 0 Å². The summed E-state index contributed by atoms with van der Waals surface area (Å²) in [4.78, 5) is 0.0697. The summed E-state index contributed by atoms with van der Waals surface area (Å²) in [6.45, 7) is 1.50. The lowest BCUT2D eigenvalue weighted by atomic mass is 10.1. The number of hydrogen-bond acceptors (Lipinski definition) is 3. The largest absolute Gasteiger partial charge is 0.435 e. The van der Waals surface area contributed by atoms with Gasteiger partial charge < -0.3 is 0 Å². The van der Waals surface area contributed by atoms with Gasteiger partial charge in [0, 0.05) is 5.56 Å². The second-order valence-corrected chi connectivity index (χ2v) is 8.01. The zero-order valence-corrected chi connectivity index (χ0v) is 14.9. The van der Waals surface area contributed by atoms with Crippen LogP contribution in [0.1, 0.15) is 12.6 Å². The molecule has 0 aliphatic rings. The molecule has 0 fully saturated rings. The summed E-state index contributed by atoms with van der Waals surface area (Å²) in [5, 5.41) is 3.61. The number of sulfone groups is 1. The van der Waals surface area contributed by atoms with Crippen LogP contribution in [0.25, 0.3) is 16.9 Å². The van der Waals surface area contributed by atoms with Crippen molar-refractivity contribution >= 4 is 9.84 Å². The van der Waals surface area contributed by atoms with E-state index in [0.29, 0.717) is 5.56 Å². The topological polar surface area (TPSA) is 52.0 Å². The molecule has 0 N–H and O–H groups in total. The molecule has 0 aliphatic heterocycles. The molecule has 1 aromatic heterocycles. The highest BCUT2D eigenvalue weighted by Gasteiger charge is 2.35. The molecule has 142 valence electrons. The Morgan fingerprint density at radius 2 is 1.59 bits per heavy atom. The highest BCUT2D eigenvalue weighted by molar-refractivity contribution is 7.91. The average Bonchev–Trinajstić information content (AvgIpc) is 3.08. The van der Waals surface area contributed by atoms with E-state index >= 15 is 0 Å². The molecule has 0 radical (unpaired) electrons. The minimum Gasteiger partial charge on any atom is -0.233 e. The molecule has 4 nitrogen and oxygen atoms in total. The van der Waals surface area contributed by atoms with E-state index in [4.69, 9.17) is 0 Å². The second-order valence-electron chi connectivity index (χ2n) is 5.73. The van der Waals surface area contributed by atoms with Crippen LogP contribution in [0.2, 0.25) is 0 Å². The Morgan fingerprint density at radius 3 is 2.11 bits per heavy atom. The van der Waals surface area contributed by atoms with Gasteiger partial charge >= 0.3 is 6.18 Å². The van der Waals surface area contributed by atoms with E-state index in [-0.39, 0.29) is 22.0 Å². The van der Waals surface area contributed by atoms with Crippen molar-refractivity contribution in [1.29, 1.82) is 0 Å². The van der Waals surface area contributed by atoms with Crippen molar-refractivity contribution in [2.24, 2.45) is 0 Å². The smallest absolute Gasteiger partial charge is 0.233 e. The first-order valence-electron chi connectivity index (χ1n) is 7.88. The van der Waals surface area contributed by atoms with Crippen LogP contribution in [0.3, 0.4) is 0 Å². The molecule has 0 amide bonds. The van der Waals surface area contributed by atoms with Crippen LogP contribution in [0, 0.1) is 5.82 Å². The molecule has 1 heterocycles. The molecule has 0 saturated heterocycles. The first kappa shape index (κ1) is 19.1. The average molecular weight is 398 g/mol. The van der Waals surface area contributed by atoms with Crippen molar-refractivity contribution in [3.63, 3.8) is 0 Å². The standard InChI is InChI=1S/C18H14F4N2O2S/c1-2-27(25,26)15-9-7-14(8-10-15)24-16(11-17(23-24)18(20,21)22)12-3-5-13(19)6-4-12/h3-11H,2H2,1H3. The number of alkyl halides is 3. The maximum atomic E-state index is 13.2. The number of aromatic nitrogens is 2. The van der Waals surface area contributed by atoms with Gasteiger partial charge in [-0.05, 0) is 54.6 Å². The quantitative estimate of drug-likeness (QED) is 0.609. The van der Waals surface area contributed by atoms with Gasteiger partial charge in [0.2, 0.25) is 0 Å². The van der Waals surface area contributed by atoms with E-state index in [1.54, 1.807) is 0 Å². The van der Waals surface area contributed by atoms with Gasteiger partial charge in [0.15, 0.2) is 15.5 Å². The van der Waals surface area contributed by atoms with Crippen LogP contribution in [0.15, 0.2) is 59.5 Å². The van der Waals surface area contributed by atoms with Gasteiger partial charge in [0.1, 0.15) is 5.82 Å². The fourth-order valence-electron chi connectivity index (χ4n) is 2.50. The molecular weight excluding hydrogens is 384 g/mol. The molecule has 0 bridgehead atoms. The molecule has 3 rings (SSSR count). The summed E-state index contributed by atoms with van der Waals surface area (Å²) in [6.07, 6.45) is -4.66. The van der Waals surface area contributed by atoms with Crippen LogP contribution in [-0.2, 0) is 16.0 Å². The van der Waals surface area contributed by atoms with Crippen LogP contribution in [0.4, 0.5) is 17.6 Å². The lowest BCUT2D eigenvalue weighted by Crippen LogP contribution is -2.08. The zero-order chi connectivity index (χ0) is 19.8. The SMILES string of the molecule is CCS(=O)(=O)c1ccc(-n2nc(C(F)(F)F)cc2-c2ccc(F)cc2)cc1. The lowest BCUT2D eigenvalue weighted by molar-refractivity contribution is -0.141. The van der Waals surface area contributed by atoms with E-state index in [0.717, 1.165) is 22.9 Å². The Hall–Kier alpha value is -2.68. The summed E-state index contributed by atoms with van der Waals surface area (Å²) in [7, 11) is -3.43. The highest BCUT2D eigenvalue weighted by atomic mass is 32.2. The molecule has 2 aromatic carbocycles. The molecule has 0 unspecified atom stereocenters. The minimum atomic E-state index is -4.66. The summed E-state index contributed by atoms with van der Waals surface area (Å²) in [6, 6.07) is 11.2. The fourth-order valence-corrected chi connectivity index (χ4v) is 3.39. The van der Waals surface area contributed by atoms with Gasteiger partial charge in [0.25, 0.3) is 0 Å². The Morgan fingerprint density at radius 1 is 1.00 bits per heavy atom. The van der Waals surface area contributed by atoms with Crippen molar-refractivity contribution in [3.05, 3.63) is 66.1 Å². The van der Waals surface area contributed by atoms with Crippen molar-refractivity contribution < 1.29 is 26.0 Å². The Bertz CT molecular complexity index is 1050. The lowest BCUT2D eigenvalue weighted by Gasteiger charge is -2.09. The third-order valence-corrected chi connectivity index (χ3v) is 5.71. The maximum absolute atomic E-state index is 13.2. The Balaban J connectivity index is 2.14. The van der Waals surface area contributed by atoms with E-state index in [1.807, 2.05) is 0 Å². The van der Waals surface area contributed by atoms with Crippen molar-refractivity contribution in [3.8, 4) is 16.9 Å². The minimum absolute atomic E-state index is 0.0697. The summed E-state index contributed by atoms with van der Waals surface area (Å²) in [5.74, 6) is -0.609. The third kappa shape index (κ3) is 3.87. The molecule has 0 spiro atoms. The third-order valence-electron chi connectivity index (χ3n) is 3.96. The van der Waals surface area contributed by atoms with Gasteiger partial charge in [-0.25, -0.2) is 17.5 Å². The highest BCUT2D eigenvalue weighted by Crippen LogP contribution is 2.33. The van der Waals surface area contributed by atoms with Crippen LogP contribution >= 0.6 is 0 Å². The van der Waals surface area contributed by atoms with Gasteiger partial charge in [-0.2, -0.15) is 18.3 Å². The monoisotopic (exact) mass is 398 g/mol. The summed E-state index contributed by atoms with van der Waals surface area (Å²) < 4.78 is 77.4. The summed E-state index contributed by atoms with van der Waals surface area (Å²) in [5.41, 5.74) is -0.412. The first-order chi connectivity index (χ1) is 12.6. The van der Waals surface area contributed by atoms with Crippen LogP contribution in [0.5, 0.6) is 0 Å².